The van der Waals surface area contributed by atoms with Crippen molar-refractivity contribution in [3.63, 3.8) is 0 Å². The Bertz CT molecular complexity index is 670. The predicted molar refractivity (Wildman–Crippen MR) is 95.7 cm³/mol. The topological polar surface area (TPSA) is 41.5 Å². The van der Waals surface area contributed by atoms with Crippen molar-refractivity contribution >= 4 is 11.6 Å². The van der Waals surface area contributed by atoms with Crippen LogP contribution in [0, 0.1) is 0 Å². The number of nitrogens with zero attached hydrogens (tertiary/aromatic N) is 1. The molecule has 0 heterocycles. The number of hydrazone groups is 1. The van der Waals surface area contributed by atoms with Crippen LogP contribution in [0.2, 0.25) is 0 Å². The van der Waals surface area contributed by atoms with E-state index in [2.05, 4.69) is 48.6 Å². The summed E-state index contributed by atoms with van der Waals surface area (Å²) in [7, 11) is 0. The molecule has 0 fully saturated rings. The van der Waals surface area contributed by atoms with Crippen molar-refractivity contribution < 1.29 is 4.79 Å². The molecule has 0 saturated heterocycles. The normalized spacial score (nSPS) is 11.3. The highest BCUT2D eigenvalue weighted by molar-refractivity contribution is 5.99. The van der Waals surface area contributed by atoms with Crippen LogP contribution in [0.1, 0.15) is 43.0 Å². The number of carbonyl (C=O) groups excluding carboxylic acids is 1. The largest absolute Gasteiger partial charge is 0.273 e. The average Bonchev–Trinajstić information content (AvgIpc) is 2.60. The van der Waals surface area contributed by atoms with Gasteiger partial charge in [-0.05, 0) is 42.0 Å². The summed E-state index contributed by atoms with van der Waals surface area (Å²) in [5, 5.41) is 4.20. The fourth-order valence-electron chi connectivity index (χ4n) is 2.31. The second-order valence-electron chi connectivity index (χ2n) is 5.63. The van der Waals surface area contributed by atoms with Crippen LogP contribution in [-0.2, 0) is 24.1 Å². The summed E-state index contributed by atoms with van der Waals surface area (Å²) >= 11 is 0. The quantitative estimate of drug-likeness (QED) is 0.638. The van der Waals surface area contributed by atoms with Gasteiger partial charge in [-0.25, -0.2) is 5.43 Å². The lowest BCUT2D eigenvalue weighted by Gasteiger charge is -2.05. The van der Waals surface area contributed by atoms with Crippen LogP contribution in [-0.4, -0.2) is 11.6 Å². The third-order valence-electron chi connectivity index (χ3n) is 3.92. The third-order valence-corrected chi connectivity index (χ3v) is 3.92. The lowest BCUT2D eigenvalue weighted by Crippen LogP contribution is -2.21. The maximum atomic E-state index is 12.0. The van der Waals surface area contributed by atoms with E-state index in [-0.39, 0.29) is 5.91 Å². The minimum atomic E-state index is -0.0984. The van der Waals surface area contributed by atoms with Crippen LogP contribution in [0.4, 0.5) is 0 Å². The lowest BCUT2D eigenvalue weighted by molar-refractivity contribution is -0.120. The summed E-state index contributed by atoms with van der Waals surface area (Å²) in [6.07, 6.45) is 2.37. The van der Waals surface area contributed by atoms with E-state index in [1.54, 1.807) is 0 Å². The van der Waals surface area contributed by atoms with Crippen LogP contribution in [0.25, 0.3) is 0 Å². The molecule has 0 saturated carbocycles. The number of aryl methyl sites for hydroxylation is 2. The van der Waals surface area contributed by atoms with Gasteiger partial charge in [-0.3, -0.25) is 4.79 Å². The second kappa shape index (κ2) is 8.28. The molecule has 0 aliphatic rings. The van der Waals surface area contributed by atoms with E-state index in [1.807, 2.05) is 31.2 Å². The molecule has 1 N–H and O–H groups in total. The maximum absolute atomic E-state index is 12.0. The van der Waals surface area contributed by atoms with Crippen LogP contribution >= 0.6 is 0 Å². The Hall–Kier alpha value is -2.42. The fraction of sp³-hybridized carbons (Fsp3) is 0.300. The van der Waals surface area contributed by atoms with Crippen LogP contribution in [0.15, 0.2) is 53.6 Å². The van der Waals surface area contributed by atoms with E-state index < -0.39 is 0 Å². The molecule has 0 aliphatic heterocycles. The van der Waals surface area contributed by atoms with E-state index in [1.165, 1.54) is 11.1 Å². The van der Waals surface area contributed by atoms with Crippen molar-refractivity contribution in [2.75, 3.05) is 0 Å². The Balaban J connectivity index is 1.93. The Morgan fingerprint density at radius 2 is 1.35 bits per heavy atom. The Morgan fingerprint density at radius 3 is 1.87 bits per heavy atom. The van der Waals surface area contributed by atoms with Crippen LogP contribution in [0.5, 0.6) is 0 Å². The summed E-state index contributed by atoms with van der Waals surface area (Å²) in [4.78, 5) is 12.0. The van der Waals surface area contributed by atoms with Crippen molar-refractivity contribution in [3.05, 3.63) is 70.8 Å². The lowest BCUT2D eigenvalue weighted by atomic mass is 10.1. The first-order chi connectivity index (χ1) is 11.1. The van der Waals surface area contributed by atoms with Crippen LogP contribution in [0.3, 0.4) is 0 Å². The highest BCUT2D eigenvalue weighted by atomic mass is 16.2. The number of carbonyl (C=O) groups is 1. The molecule has 0 radical (unpaired) electrons. The Morgan fingerprint density at radius 1 is 0.870 bits per heavy atom. The number of benzene rings is 2. The number of hydrogen-bond donors (Lipinski definition) is 1. The summed E-state index contributed by atoms with van der Waals surface area (Å²) < 4.78 is 0. The van der Waals surface area contributed by atoms with Gasteiger partial charge in [-0.2, -0.15) is 5.10 Å². The van der Waals surface area contributed by atoms with E-state index in [9.17, 15) is 4.79 Å². The van der Waals surface area contributed by atoms with Crippen molar-refractivity contribution in [1.82, 2.24) is 5.43 Å². The summed E-state index contributed by atoms with van der Waals surface area (Å²) in [6, 6.07) is 16.4. The smallest absolute Gasteiger partial charge is 0.244 e. The number of hydrogen-bond acceptors (Lipinski definition) is 2. The molecule has 2 aromatic rings. The fourth-order valence-corrected chi connectivity index (χ4v) is 2.31. The molecule has 0 unspecified atom stereocenters. The number of nitrogens with one attached hydrogen (secondary N) is 1. The van der Waals surface area contributed by atoms with E-state index in [0.717, 1.165) is 29.7 Å². The Kier molecular flexibility index (Phi) is 6.10. The molecule has 23 heavy (non-hydrogen) atoms. The summed E-state index contributed by atoms with van der Waals surface area (Å²) in [5.41, 5.74) is 8.04. The van der Waals surface area contributed by atoms with E-state index in [0.29, 0.717) is 6.42 Å². The van der Waals surface area contributed by atoms with Crippen LogP contribution < -0.4 is 5.43 Å². The van der Waals surface area contributed by atoms with Gasteiger partial charge < -0.3 is 0 Å². The summed E-state index contributed by atoms with van der Waals surface area (Å²) in [5.74, 6) is -0.0984. The van der Waals surface area contributed by atoms with Gasteiger partial charge in [0.25, 0.3) is 0 Å². The van der Waals surface area contributed by atoms with Gasteiger partial charge >= 0.3 is 0 Å². The van der Waals surface area contributed by atoms with E-state index >= 15 is 0 Å². The molecule has 0 aliphatic carbocycles. The molecule has 120 valence electrons. The molecule has 0 bridgehead atoms. The van der Waals surface area contributed by atoms with Gasteiger partial charge in [0.05, 0.1) is 12.1 Å². The molecule has 3 nitrogen and oxygen atoms in total. The minimum absolute atomic E-state index is 0.0984. The Labute approximate surface area is 138 Å². The highest BCUT2D eigenvalue weighted by Gasteiger charge is 2.03. The molecular formula is C20H24N2O. The minimum Gasteiger partial charge on any atom is -0.273 e. The van der Waals surface area contributed by atoms with Gasteiger partial charge in [0, 0.05) is 0 Å². The molecule has 0 atom stereocenters. The molecular weight excluding hydrogens is 284 g/mol. The molecule has 2 rings (SSSR count). The third kappa shape index (κ3) is 5.06. The zero-order valence-electron chi connectivity index (χ0n) is 14.1. The summed E-state index contributed by atoms with van der Waals surface area (Å²) in [6.45, 7) is 6.15. The number of amides is 1. The molecule has 3 heteroatoms. The first kappa shape index (κ1) is 16.9. The van der Waals surface area contributed by atoms with Gasteiger partial charge in [0.1, 0.15) is 0 Å². The predicted octanol–water partition coefficient (Wildman–Crippen LogP) is 3.89. The highest BCUT2D eigenvalue weighted by Crippen LogP contribution is 2.07. The van der Waals surface area contributed by atoms with Gasteiger partial charge in [-0.15, -0.1) is 0 Å². The monoisotopic (exact) mass is 308 g/mol. The van der Waals surface area contributed by atoms with Gasteiger partial charge in [-0.1, -0.05) is 62.4 Å². The SMILES string of the molecule is CCc1ccc(CC(=O)N/N=C(/C)c2ccc(CC)cc2)cc1. The zero-order valence-corrected chi connectivity index (χ0v) is 14.1. The maximum Gasteiger partial charge on any atom is 0.244 e. The zero-order chi connectivity index (χ0) is 16.7. The number of rotatable bonds is 6. The van der Waals surface area contributed by atoms with E-state index in [4.69, 9.17) is 0 Å². The first-order valence-electron chi connectivity index (χ1n) is 8.12. The van der Waals surface area contributed by atoms with Gasteiger partial charge in [0.2, 0.25) is 5.91 Å². The molecule has 0 aromatic heterocycles. The second-order valence-corrected chi connectivity index (χ2v) is 5.63. The van der Waals surface area contributed by atoms with Crippen molar-refractivity contribution in [2.45, 2.75) is 40.0 Å². The standard InChI is InChI=1S/C20H24N2O/c1-4-16-6-8-18(9-7-16)14-20(23)22-21-15(3)19-12-10-17(5-2)11-13-19/h6-13H,4-5,14H2,1-3H3,(H,22,23)/b21-15-. The molecule has 1 amide bonds. The van der Waals surface area contributed by atoms with Gasteiger partial charge in [0.15, 0.2) is 0 Å². The average molecular weight is 308 g/mol. The molecule has 0 spiro atoms. The van der Waals surface area contributed by atoms with Crippen molar-refractivity contribution in [1.29, 1.82) is 0 Å². The van der Waals surface area contributed by atoms with Crippen molar-refractivity contribution in [3.8, 4) is 0 Å². The first-order valence-corrected chi connectivity index (χ1v) is 8.12. The molecule has 2 aromatic carbocycles. The van der Waals surface area contributed by atoms with Crippen molar-refractivity contribution in [2.24, 2.45) is 5.10 Å².